The van der Waals surface area contributed by atoms with Gasteiger partial charge in [-0.3, -0.25) is 0 Å². The fraction of sp³-hybridized carbons (Fsp3) is 0.455. The van der Waals surface area contributed by atoms with Crippen molar-refractivity contribution >= 4 is 11.6 Å². The summed E-state index contributed by atoms with van der Waals surface area (Å²) in [5.74, 6) is 0.750. The number of nitrogens with one attached hydrogen (secondary N) is 1. The first-order valence-corrected chi connectivity index (χ1v) is 5.23. The quantitative estimate of drug-likeness (QED) is 0.812. The molecule has 1 atom stereocenters. The van der Waals surface area contributed by atoms with Crippen LogP contribution in [0.3, 0.4) is 0 Å². The van der Waals surface area contributed by atoms with Gasteiger partial charge < -0.3 is 10.1 Å². The van der Waals surface area contributed by atoms with Gasteiger partial charge in [-0.25, -0.2) is 0 Å². The molecule has 0 saturated heterocycles. The maximum Gasteiger partial charge on any atom is 0.138 e. The molecular formula is C11H16ClNO. The minimum absolute atomic E-state index is 0.134. The van der Waals surface area contributed by atoms with Gasteiger partial charge in [0.2, 0.25) is 0 Å². The molecule has 0 spiro atoms. The third-order valence-corrected chi connectivity index (χ3v) is 2.16. The maximum absolute atomic E-state index is 5.96. The lowest BCUT2D eigenvalue weighted by Crippen LogP contribution is -2.28. The van der Waals surface area contributed by atoms with Crippen molar-refractivity contribution in [2.75, 3.05) is 13.1 Å². The van der Waals surface area contributed by atoms with E-state index in [1.165, 1.54) is 0 Å². The molecule has 0 radical (unpaired) electrons. The number of ether oxygens (including phenoxy) is 1. The van der Waals surface area contributed by atoms with Crippen molar-refractivity contribution in [1.29, 1.82) is 0 Å². The molecule has 0 amide bonds. The molecule has 1 unspecified atom stereocenters. The van der Waals surface area contributed by atoms with Crippen molar-refractivity contribution in [3.63, 3.8) is 0 Å². The molecule has 0 aromatic heterocycles. The fourth-order valence-corrected chi connectivity index (χ4v) is 1.33. The van der Waals surface area contributed by atoms with E-state index in [0.717, 1.165) is 18.8 Å². The van der Waals surface area contributed by atoms with Gasteiger partial charge in [-0.05, 0) is 25.6 Å². The number of para-hydroxylation sites is 1. The highest BCUT2D eigenvalue weighted by molar-refractivity contribution is 6.32. The Balaban J connectivity index is 2.47. The van der Waals surface area contributed by atoms with Gasteiger partial charge in [0.1, 0.15) is 11.9 Å². The van der Waals surface area contributed by atoms with Crippen LogP contribution < -0.4 is 10.1 Å². The Hall–Kier alpha value is -0.730. The summed E-state index contributed by atoms with van der Waals surface area (Å²) in [6.45, 7) is 5.88. The molecule has 0 aliphatic rings. The Kier molecular flexibility index (Phi) is 4.77. The normalized spacial score (nSPS) is 12.5. The van der Waals surface area contributed by atoms with E-state index in [-0.39, 0.29) is 6.10 Å². The van der Waals surface area contributed by atoms with Crippen LogP contribution in [0.15, 0.2) is 24.3 Å². The van der Waals surface area contributed by atoms with Gasteiger partial charge in [0.05, 0.1) is 5.02 Å². The van der Waals surface area contributed by atoms with Crippen LogP contribution in [-0.4, -0.2) is 19.2 Å². The molecule has 0 aliphatic heterocycles. The lowest BCUT2D eigenvalue weighted by Gasteiger charge is -2.15. The van der Waals surface area contributed by atoms with Crippen LogP contribution in [-0.2, 0) is 0 Å². The summed E-state index contributed by atoms with van der Waals surface area (Å²) in [5.41, 5.74) is 0. The van der Waals surface area contributed by atoms with Gasteiger partial charge in [-0.1, -0.05) is 30.7 Å². The molecule has 78 valence electrons. The second-order valence-electron chi connectivity index (χ2n) is 3.17. The lowest BCUT2D eigenvalue weighted by molar-refractivity contribution is 0.218. The third-order valence-electron chi connectivity index (χ3n) is 1.85. The van der Waals surface area contributed by atoms with Gasteiger partial charge in [0.25, 0.3) is 0 Å². The predicted molar refractivity (Wildman–Crippen MR) is 60.1 cm³/mol. The minimum atomic E-state index is 0.134. The average Bonchev–Trinajstić information content (AvgIpc) is 2.18. The molecule has 0 aliphatic carbocycles. The third kappa shape index (κ3) is 3.56. The van der Waals surface area contributed by atoms with Gasteiger partial charge >= 0.3 is 0 Å². The monoisotopic (exact) mass is 213 g/mol. The molecule has 2 nitrogen and oxygen atoms in total. The summed E-state index contributed by atoms with van der Waals surface area (Å²) in [6.07, 6.45) is 0.134. The smallest absolute Gasteiger partial charge is 0.138 e. The second-order valence-corrected chi connectivity index (χ2v) is 3.57. The van der Waals surface area contributed by atoms with Crippen molar-refractivity contribution in [3.8, 4) is 5.75 Å². The van der Waals surface area contributed by atoms with E-state index in [1.54, 1.807) is 0 Å². The Morgan fingerprint density at radius 3 is 2.79 bits per heavy atom. The Bertz CT molecular complexity index is 278. The molecule has 0 saturated carbocycles. The second kappa shape index (κ2) is 5.89. The maximum atomic E-state index is 5.96. The van der Waals surface area contributed by atoms with Crippen molar-refractivity contribution < 1.29 is 4.74 Å². The highest BCUT2D eigenvalue weighted by Gasteiger charge is 2.05. The van der Waals surface area contributed by atoms with Crippen LogP contribution in [0.5, 0.6) is 5.75 Å². The summed E-state index contributed by atoms with van der Waals surface area (Å²) in [5, 5.41) is 3.88. The highest BCUT2D eigenvalue weighted by atomic mass is 35.5. The van der Waals surface area contributed by atoms with E-state index >= 15 is 0 Å². The first-order chi connectivity index (χ1) is 6.74. The lowest BCUT2D eigenvalue weighted by atomic mass is 10.3. The van der Waals surface area contributed by atoms with E-state index in [4.69, 9.17) is 16.3 Å². The number of benzene rings is 1. The fourth-order valence-electron chi connectivity index (χ4n) is 1.15. The van der Waals surface area contributed by atoms with Crippen molar-refractivity contribution in [1.82, 2.24) is 5.32 Å². The van der Waals surface area contributed by atoms with E-state index in [9.17, 15) is 0 Å². The van der Waals surface area contributed by atoms with Crippen LogP contribution >= 0.6 is 11.6 Å². The molecule has 14 heavy (non-hydrogen) atoms. The van der Waals surface area contributed by atoms with E-state index in [1.807, 2.05) is 31.2 Å². The summed E-state index contributed by atoms with van der Waals surface area (Å²) < 4.78 is 5.65. The number of hydrogen-bond donors (Lipinski definition) is 1. The van der Waals surface area contributed by atoms with Crippen molar-refractivity contribution in [2.45, 2.75) is 20.0 Å². The first-order valence-electron chi connectivity index (χ1n) is 4.86. The van der Waals surface area contributed by atoms with Crippen molar-refractivity contribution in [3.05, 3.63) is 29.3 Å². The standard InChI is InChI=1S/C11H16ClNO/c1-3-13-8-9(2)14-11-7-5-4-6-10(11)12/h4-7,9,13H,3,8H2,1-2H3. The number of likely N-dealkylation sites (N-methyl/N-ethyl adjacent to an activating group) is 1. The van der Waals surface area contributed by atoms with E-state index < -0.39 is 0 Å². The molecule has 1 N–H and O–H groups in total. The molecule has 0 fully saturated rings. The van der Waals surface area contributed by atoms with Crippen LogP contribution in [0, 0.1) is 0 Å². The Morgan fingerprint density at radius 2 is 2.14 bits per heavy atom. The summed E-state index contributed by atoms with van der Waals surface area (Å²) in [7, 11) is 0. The van der Waals surface area contributed by atoms with Crippen LogP contribution in [0.4, 0.5) is 0 Å². The minimum Gasteiger partial charge on any atom is -0.488 e. The van der Waals surface area contributed by atoms with Crippen LogP contribution in [0.2, 0.25) is 5.02 Å². The topological polar surface area (TPSA) is 21.3 Å². The van der Waals surface area contributed by atoms with E-state index in [0.29, 0.717) is 5.02 Å². The summed E-state index contributed by atoms with van der Waals surface area (Å²) in [4.78, 5) is 0. The molecule has 1 aromatic carbocycles. The van der Waals surface area contributed by atoms with Crippen molar-refractivity contribution in [2.24, 2.45) is 0 Å². The predicted octanol–water partition coefficient (Wildman–Crippen LogP) is 2.72. The number of hydrogen-bond acceptors (Lipinski definition) is 2. The number of rotatable bonds is 5. The van der Waals surface area contributed by atoms with Gasteiger partial charge in [0.15, 0.2) is 0 Å². The van der Waals surface area contributed by atoms with Crippen LogP contribution in [0.25, 0.3) is 0 Å². The van der Waals surface area contributed by atoms with Gasteiger partial charge in [0, 0.05) is 6.54 Å². The Labute approximate surface area is 90.2 Å². The number of halogens is 1. The Morgan fingerprint density at radius 1 is 1.43 bits per heavy atom. The molecule has 3 heteroatoms. The summed E-state index contributed by atoms with van der Waals surface area (Å²) >= 11 is 5.96. The largest absolute Gasteiger partial charge is 0.488 e. The summed E-state index contributed by atoms with van der Waals surface area (Å²) in [6, 6.07) is 7.52. The van der Waals surface area contributed by atoms with Crippen LogP contribution in [0.1, 0.15) is 13.8 Å². The SMILES string of the molecule is CCNCC(C)Oc1ccccc1Cl. The molecule has 0 heterocycles. The zero-order valence-electron chi connectivity index (χ0n) is 8.59. The zero-order chi connectivity index (χ0) is 10.4. The van der Waals surface area contributed by atoms with Gasteiger partial charge in [-0.2, -0.15) is 0 Å². The molecular weight excluding hydrogens is 198 g/mol. The average molecular weight is 214 g/mol. The molecule has 0 bridgehead atoms. The molecule has 1 rings (SSSR count). The molecule has 1 aromatic rings. The first kappa shape index (κ1) is 11.3. The zero-order valence-corrected chi connectivity index (χ0v) is 9.34. The highest BCUT2D eigenvalue weighted by Crippen LogP contribution is 2.23. The van der Waals surface area contributed by atoms with E-state index in [2.05, 4.69) is 12.2 Å². The van der Waals surface area contributed by atoms with Gasteiger partial charge in [-0.15, -0.1) is 0 Å².